The van der Waals surface area contributed by atoms with Gasteiger partial charge in [-0.1, -0.05) is 54.6 Å². The van der Waals surface area contributed by atoms with Gasteiger partial charge in [-0.05, 0) is 40.8 Å². The van der Waals surface area contributed by atoms with Gasteiger partial charge in [0, 0.05) is 11.8 Å². The maximum absolute atomic E-state index is 5.24. The molecule has 0 heterocycles. The lowest BCUT2D eigenvalue weighted by molar-refractivity contribution is 0.415. The first kappa shape index (κ1) is 12.5. The molecule has 2 aromatic carbocycles. The molecule has 2 bridgehead atoms. The van der Waals surface area contributed by atoms with Crippen LogP contribution in [0.3, 0.4) is 0 Å². The van der Waals surface area contributed by atoms with Crippen LogP contribution in [0.4, 0.5) is 0 Å². The number of allylic oxidation sites excluding steroid dienone is 4. The summed E-state index contributed by atoms with van der Waals surface area (Å²) < 4.78 is 5.24. The molecule has 0 fully saturated rings. The van der Waals surface area contributed by atoms with Crippen LogP contribution in [0, 0.1) is 11.8 Å². The SMILES string of the molecule is COc1ccc(C2=C[C@H]3C[C@@H]2C=C3c2ccccc2)cc1. The van der Waals surface area contributed by atoms with Crippen molar-refractivity contribution in [1.29, 1.82) is 0 Å². The van der Waals surface area contributed by atoms with E-state index in [2.05, 4.69) is 54.6 Å². The summed E-state index contributed by atoms with van der Waals surface area (Å²) in [5.41, 5.74) is 5.67. The maximum atomic E-state index is 5.24. The van der Waals surface area contributed by atoms with E-state index >= 15 is 0 Å². The predicted octanol–water partition coefficient (Wildman–Crippen LogP) is 4.81. The summed E-state index contributed by atoms with van der Waals surface area (Å²) in [4.78, 5) is 0. The van der Waals surface area contributed by atoms with Gasteiger partial charge in [0.05, 0.1) is 7.11 Å². The molecule has 0 unspecified atom stereocenters. The summed E-state index contributed by atoms with van der Waals surface area (Å²) in [5.74, 6) is 2.07. The van der Waals surface area contributed by atoms with Gasteiger partial charge >= 0.3 is 0 Å². The maximum Gasteiger partial charge on any atom is 0.118 e. The molecule has 0 saturated carbocycles. The van der Waals surface area contributed by atoms with Crippen LogP contribution in [0.5, 0.6) is 5.75 Å². The zero-order chi connectivity index (χ0) is 14.2. The predicted molar refractivity (Wildman–Crippen MR) is 87.0 cm³/mol. The molecule has 1 nitrogen and oxygen atoms in total. The van der Waals surface area contributed by atoms with Crippen molar-refractivity contribution in [3.8, 4) is 5.75 Å². The number of methoxy groups -OCH3 is 1. The number of fused-ring (bicyclic) bond motifs is 2. The molecule has 0 N–H and O–H groups in total. The average Bonchev–Trinajstić information content (AvgIpc) is 3.16. The van der Waals surface area contributed by atoms with Crippen molar-refractivity contribution in [3.63, 3.8) is 0 Å². The molecule has 21 heavy (non-hydrogen) atoms. The third kappa shape index (κ3) is 2.09. The highest BCUT2D eigenvalue weighted by Gasteiger charge is 2.34. The van der Waals surface area contributed by atoms with Crippen molar-refractivity contribution in [3.05, 3.63) is 77.9 Å². The molecule has 0 aromatic heterocycles. The smallest absolute Gasteiger partial charge is 0.118 e. The molecule has 4 rings (SSSR count). The van der Waals surface area contributed by atoms with Crippen LogP contribution in [-0.4, -0.2) is 7.11 Å². The van der Waals surface area contributed by atoms with Crippen LogP contribution in [0.1, 0.15) is 17.5 Å². The first-order valence-electron chi connectivity index (χ1n) is 7.48. The van der Waals surface area contributed by atoms with Gasteiger partial charge in [-0.3, -0.25) is 0 Å². The third-order valence-corrected chi connectivity index (χ3v) is 4.60. The Morgan fingerprint density at radius 2 is 1.33 bits per heavy atom. The Kier molecular flexibility index (Phi) is 2.92. The topological polar surface area (TPSA) is 9.23 Å². The highest BCUT2D eigenvalue weighted by atomic mass is 16.5. The summed E-state index contributed by atoms with van der Waals surface area (Å²) >= 11 is 0. The Balaban J connectivity index is 1.61. The van der Waals surface area contributed by atoms with Crippen molar-refractivity contribution < 1.29 is 4.74 Å². The summed E-state index contributed by atoms with van der Waals surface area (Å²) in [6.07, 6.45) is 6.14. The average molecular weight is 274 g/mol. The van der Waals surface area contributed by atoms with Crippen molar-refractivity contribution >= 4 is 11.1 Å². The highest BCUT2D eigenvalue weighted by Crippen LogP contribution is 2.50. The molecule has 0 saturated heterocycles. The zero-order valence-electron chi connectivity index (χ0n) is 12.1. The second kappa shape index (κ2) is 4.92. The monoisotopic (exact) mass is 274 g/mol. The molecule has 104 valence electrons. The quantitative estimate of drug-likeness (QED) is 0.780. The molecular weight excluding hydrogens is 256 g/mol. The summed E-state index contributed by atoms with van der Waals surface area (Å²) in [5, 5.41) is 0. The largest absolute Gasteiger partial charge is 0.497 e. The van der Waals surface area contributed by atoms with Crippen LogP contribution < -0.4 is 4.74 Å². The van der Waals surface area contributed by atoms with Crippen molar-refractivity contribution in [2.75, 3.05) is 7.11 Å². The minimum Gasteiger partial charge on any atom is -0.497 e. The van der Waals surface area contributed by atoms with Gasteiger partial charge in [0.2, 0.25) is 0 Å². The van der Waals surface area contributed by atoms with Gasteiger partial charge in [-0.15, -0.1) is 0 Å². The van der Waals surface area contributed by atoms with Gasteiger partial charge in [0.15, 0.2) is 0 Å². The molecule has 0 aliphatic heterocycles. The number of hydrogen-bond donors (Lipinski definition) is 0. The normalized spacial score (nSPS) is 22.9. The molecule has 0 amide bonds. The van der Waals surface area contributed by atoms with E-state index in [1.54, 1.807) is 7.11 Å². The minimum atomic E-state index is 0.568. The van der Waals surface area contributed by atoms with Crippen LogP contribution >= 0.6 is 0 Å². The molecule has 2 atom stereocenters. The molecule has 0 spiro atoms. The summed E-state index contributed by atoms with van der Waals surface area (Å²) in [6, 6.07) is 19.2. The van der Waals surface area contributed by atoms with Crippen molar-refractivity contribution in [2.45, 2.75) is 6.42 Å². The molecule has 1 heteroatoms. The van der Waals surface area contributed by atoms with E-state index in [0.717, 1.165) is 5.75 Å². The number of ether oxygens (including phenoxy) is 1. The van der Waals surface area contributed by atoms with Crippen molar-refractivity contribution in [1.82, 2.24) is 0 Å². The van der Waals surface area contributed by atoms with Crippen molar-refractivity contribution in [2.24, 2.45) is 11.8 Å². The second-order valence-corrected chi connectivity index (χ2v) is 5.79. The van der Waals surface area contributed by atoms with Crippen LogP contribution in [0.15, 0.2) is 66.7 Å². The minimum absolute atomic E-state index is 0.568. The number of hydrogen-bond acceptors (Lipinski definition) is 1. The lowest BCUT2D eigenvalue weighted by atomic mass is 9.91. The van der Waals surface area contributed by atoms with Crippen LogP contribution in [-0.2, 0) is 0 Å². The summed E-state index contributed by atoms with van der Waals surface area (Å²) in [7, 11) is 1.71. The summed E-state index contributed by atoms with van der Waals surface area (Å²) in [6.45, 7) is 0. The Labute approximate surface area is 125 Å². The zero-order valence-corrected chi connectivity index (χ0v) is 12.1. The van der Waals surface area contributed by atoms with Crippen LogP contribution in [0.25, 0.3) is 11.1 Å². The number of rotatable bonds is 3. The van der Waals surface area contributed by atoms with E-state index in [1.165, 1.54) is 28.7 Å². The van der Waals surface area contributed by atoms with E-state index in [1.807, 2.05) is 12.1 Å². The van der Waals surface area contributed by atoms with Crippen LogP contribution in [0.2, 0.25) is 0 Å². The molecular formula is C20H18O. The Morgan fingerprint density at radius 1 is 0.762 bits per heavy atom. The Morgan fingerprint density at radius 3 is 1.86 bits per heavy atom. The van der Waals surface area contributed by atoms with E-state index < -0.39 is 0 Å². The fourth-order valence-electron chi connectivity index (χ4n) is 3.56. The lowest BCUT2D eigenvalue weighted by Gasteiger charge is -2.14. The lowest BCUT2D eigenvalue weighted by Crippen LogP contribution is -1.96. The van der Waals surface area contributed by atoms with Gasteiger partial charge < -0.3 is 4.74 Å². The van der Waals surface area contributed by atoms with Gasteiger partial charge in [-0.25, -0.2) is 0 Å². The molecule has 2 aliphatic rings. The fraction of sp³-hybridized carbons (Fsp3) is 0.200. The standard InChI is InChI=1S/C20H18O/c1-21-18-9-7-15(8-10-18)20-13-16-11-17(20)12-19(16)14-5-3-2-4-6-14/h2-10,12-13,16-17H,11H2,1H3/t16-,17-/m1/s1. The first-order valence-corrected chi connectivity index (χ1v) is 7.48. The van der Waals surface area contributed by atoms with E-state index in [-0.39, 0.29) is 0 Å². The van der Waals surface area contributed by atoms with E-state index in [4.69, 9.17) is 4.74 Å². The van der Waals surface area contributed by atoms with E-state index in [9.17, 15) is 0 Å². The fourth-order valence-corrected chi connectivity index (χ4v) is 3.56. The first-order chi connectivity index (χ1) is 10.3. The Hall–Kier alpha value is -2.28. The number of benzene rings is 2. The van der Waals surface area contributed by atoms with E-state index in [0.29, 0.717) is 11.8 Å². The third-order valence-electron chi connectivity index (χ3n) is 4.60. The van der Waals surface area contributed by atoms with Gasteiger partial charge in [0.1, 0.15) is 5.75 Å². The second-order valence-electron chi connectivity index (χ2n) is 5.79. The van der Waals surface area contributed by atoms with Gasteiger partial charge in [-0.2, -0.15) is 0 Å². The highest BCUT2D eigenvalue weighted by molar-refractivity contribution is 5.84. The molecule has 2 aromatic rings. The molecule has 2 aliphatic carbocycles. The van der Waals surface area contributed by atoms with Gasteiger partial charge in [0.25, 0.3) is 0 Å². The molecule has 0 radical (unpaired) electrons. The Bertz CT molecular complexity index is 707.